The van der Waals surface area contributed by atoms with Gasteiger partial charge >= 0.3 is 19.8 Å². The van der Waals surface area contributed by atoms with Crippen molar-refractivity contribution in [1.29, 1.82) is 0 Å². The number of rotatable bonds is 70. The molecule has 0 aliphatic rings. The molecule has 0 radical (unpaired) electrons. The number of phosphoric acid groups is 1. The number of carbonyl (C=O) groups is 3. The Bertz CT molecular complexity index is 1490. The third kappa shape index (κ3) is 65.1. The number of phosphoric ester groups is 1. The highest BCUT2D eigenvalue weighted by atomic mass is 31.2. The number of azide groups is 1. The molecule has 0 fully saturated rings. The molecule has 0 saturated heterocycles. The van der Waals surface area contributed by atoms with Crippen molar-refractivity contribution in [3.05, 3.63) is 10.4 Å². The third-order valence-electron chi connectivity index (χ3n) is 12.0. The normalized spacial score (nSPS) is 12.6. The lowest BCUT2D eigenvalue weighted by Gasteiger charge is -2.20. The third-order valence-corrected chi connectivity index (χ3v) is 13.0. The molecule has 0 aliphatic heterocycles. The second-order valence-corrected chi connectivity index (χ2v) is 20.7. The first-order valence-electron chi connectivity index (χ1n) is 30.7. The van der Waals surface area contributed by atoms with Crippen molar-refractivity contribution in [2.45, 2.75) is 168 Å². The molecule has 0 amide bonds. The summed E-state index contributed by atoms with van der Waals surface area (Å²) in [5.41, 5.74) is 8.18. The summed E-state index contributed by atoms with van der Waals surface area (Å²) in [5, 5.41) is 3.38. The zero-order chi connectivity index (χ0) is 59.6. The predicted molar refractivity (Wildman–Crippen MR) is 309 cm³/mol. The molecule has 0 saturated carbocycles. The summed E-state index contributed by atoms with van der Waals surface area (Å²) < 4.78 is 99.4. The van der Waals surface area contributed by atoms with Gasteiger partial charge in [-0.15, -0.1) is 0 Å². The number of ketones is 1. The van der Waals surface area contributed by atoms with Crippen molar-refractivity contribution >= 4 is 25.5 Å². The van der Waals surface area contributed by atoms with Crippen molar-refractivity contribution < 1.29 is 99.2 Å². The van der Waals surface area contributed by atoms with Gasteiger partial charge < -0.3 is 71.2 Å². The summed E-state index contributed by atoms with van der Waals surface area (Å²) in [6, 6.07) is 0. The van der Waals surface area contributed by atoms with Crippen LogP contribution in [0.4, 0.5) is 0 Å². The van der Waals surface area contributed by atoms with Gasteiger partial charge in [-0.1, -0.05) is 122 Å². The van der Waals surface area contributed by atoms with E-state index in [2.05, 4.69) is 23.9 Å². The predicted octanol–water partition coefficient (Wildman–Crippen LogP) is 9.67. The molecule has 0 aliphatic carbocycles. The van der Waals surface area contributed by atoms with Crippen LogP contribution in [0.5, 0.6) is 0 Å². The summed E-state index contributed by atoms with van der Waals surface area (Å²) in [4.78, 5) is 50.6. The van der Waals surface area contributed by atoms with Crippen LogP contribution in [0, 0.1) is 0 Å². The van der Waals surface area contributed by atoms with Gasteiger partial charge in [-0.25, -0.2) is 4.57 Å². The number of hydrogen-bond acceptors (Lipinski definition) is 21. The average molecular weight is 1200 g/mol. The van der Waals surface area contributed by atoms with Gasteiger partial charge in [-0.2, -0.15) is 0 Å². The monoisotopic (exact) mass is 1200 g/mol. The van der Waals surface area contributed by atoms with Gasteiger partial charge in [0.25, 0.3) is 0 Å². The molecule has 1 N–H and O–H groups in total. The lowest BCUT2D eigenvalue weighted by atomic mass is 10.1. The Hall–Kier alpha value is -2.45. The van der Waals surface area contributed by atoms with Crippen molar-refractivity contribution in [3.63, 3.8) is 0 Å². The minimum atomic E-state index is -4.57. The molecule has 0 aromatic heterocycles. The van der Waals surface area contributed by atoms with E-state index < -0.39 is 32.5 Å². The maximum absolute atomic E-state index is 12.7. The van der Waals surface area contributed by atoms with Gasteiger partial charge in [0.2, 0.25) is 0 Å². The van der Waals surface area contributed by atoms with Crippen LogP contribution in [0.15, 0.2) is 5.11 Å². The highest BCUT2D eigenvalue weighted by Gasteiger charge is 2.26. The fraction of sp³-hybridized carbons (Fsp3) is 0.947. The number of Topliss-reactive ketones (excluding diaryl/α,β-unsaturated/α-hetero) is 1. The summed E-state index contributed by atoms with van der Waals surface area (Å²) in [6.45, 7) is 13.9. The molecule has 0 heterocycles. The number of hydrogen-bond donors (Lipinski definition) is 1. The van der Waals surface area contributed by atoms with E-state index >= 15 is 0 Å². The number of nitrogens with zero attached hydrogens (tertiary/aromatic N) is 3. The SMILES string of the molecule is CCCCCCCCCCCC(=O)OC[C@H](COP(=O)(O)OCCCC(=O)CCOCCOCCOCCOCCOCCOCCOCCOCCOCCOCCOCCOCCN=[N+]=[N-])OC(=O)CCCCCCCCCCC. The van der Waals surface area contributed by atoms with Gasteiger partial charge in [0, 0.05) is 37.1 Å². The molecule has 0 bridgehead atoms. The van der Waals surface area contributed by atoms with Crippen LogP contribution in [0.25, 0.3) is 10.4 Å². The van der Waals surface area contributed by atoms with E-state index in [0.29, 0.717) is 171 Å². The van der Waals surface area contributed by atoms with E-state index in [9.17, 15) is 23.8 Å². The number of carbonyl (C=O) groups excluding carboxylic acids is 3. The molecular weight excluding hydrogens is 1090 g/mol. The lowest BCUT2D eigenvalue weighted by molar-refractivity contribution is -0.161. The summed E-state index contributed by atoms with van der Waals surface area (Å²) in [7, 11) is -4.57. The fourth-order valence-electron chi connectivity index (χ4n) is 7.43. The van der Waals surface area contributed by atoms with E-state index in [0.717, 1.165) is 38.5 Å². The second kappa shape index (κ2) is 66.1. The van der Waals surface area contributed by atoms with E-state index in [-0.39, 0.29) is 57.7 Å². The van der Waals surface area contributed by atoms with Crippen molar-refractivity contribution in [2.24, 2.45) is 5.11 Å². The van der Waals surface area contributed by atoms with Crippen LogP contribution < -0.4 is 0 Å². The molecule has 82 heavy (non-hydrogen) atoms. The van der Waals surface area contributed by atoms with Crippen LogP contribution in [0.1, 0.15) is 162 Å². The Morgan fingerprint density at radius 2 is 0.720 bits per heavy atom. The molecule has 0 aromatic rings. The first-order valence-corrected chi connectivity index (χ1v) is 32.2. The molecule has 0 spiro atoms. The highest BCUT2D eigenvalue weighted by molar-refractivity contribution is 7.47. The van der Waals surface area contributed by atoms with Crippen molar-refractivity contribution in [3.8, 4) is 0 Å². The van der Waals surface area contributed by atoms with Gasteiger partial charge in [-0.3, -0.25) is 23.4 Å². The van der Waals surface area contributed by atoms with Crippen LogP contribution in [0.2, 0.25) is 0 Å². The molecule has 1 unspecified atom stereocenters. The molecule has 24 nitrogen and oxygen atoms in total. The van der Waals surface area contributed by atoms with Crippen LogP contribution in [-0.2, 0) is 94.3 Å². The van der Waals surface area contributed by atoms with E-state index in [4.69, 9.17) is 80.9 Å². The Labute approximate surface area is 491 Å². The second-order valence-electron chi connectivity index (χ2n) is 19.2. The average Bonchev–Trinajstić information content (AvgIpc) is 3.47. The smallest absolute Gasteiger partial charge is 0.462 e. The summed E-state index contributed by atoms with van der Waals surface area (Å²) in [5.74, 6) is -1.00. The van der Waals surface area contributed by atoms with Crippen molar-refractivity contribution in [1.82, 2.24) is 0 Å². The number of unbranched alkanes of at least 4 members (excludes halogenated alkanes) is 16. The summed E-state index contributed by atoms with van der Waals surface area (Å²) in [6.07, 6.45) is 19.7. The molecule has 25 heteroatoms. The Morgan fingerprint density at radius 1 is 0.390 bits per heavy atom. The van der Waals surface area contributed by atoms with E-state index in [1.165, 1.54) is 64.2 Å². The minimum Gasteiger partial charge on any atom is -0.462 e. The molecule has 484 valence electrons. The van der Waals surface area contributed by atoms with Gasteiger partial charge in [0.05, 0.1) is 172 Å². The lowest BCUT2D eigenvalue weighted by Crippen LogP contribution is -2.29. The number of ether oxygens (including phenoxy) is 14. The first kappa shape index (κ1) is 79.5. The quantitative estimate of drug-likeness (QED) is 0.0148. The number of esters is 2. The Kier molecular flexibility index (Phi) is 64.1. The van der Waals surface area contributed by atoms with Crippen molar-refractivity contribution in [2.75, 3.05) is 185 Å². The zero-order valence-corrected chi connectivity index (χ0v) is 51.4. The highest BCUT2D eigenvalue weighted by Crippen LogP contribution is 2.43. The van der Waals surface area contributed by atoms with Gasteiger partial charge in [0.1, 0.15) is 12.4 Å². The molecule has 0 aromatic carbocycles. The minimum absolute atomic E-state index is 0.0895. The van der Waals surface area contributed by atoms with Crippen LogP contribution in [0.3, 0.4) is 0 Å². The standard InChI is InChI=1S/C57H110N3O21P/c1-3-5-7-9-11-13-15-17-19-23-56(62)78-52-55(81-57(63)24-20-18-16-14-12-10-8-6-4-2)53-80-82(64,65)79-27-21-22-54(61)25-28-66-30-32-68-34-36-70-38-40-72-42-44-74-46-48-76-50-51-77-49-47-75-45-43-73-41-39-71-37-35-69-33-31-67-29-26-59-60-58/h55H,3-53H2,1-2H3,(H,64,65)/t55-/m1/s1. The summed E-state index contributed by atoms with van der Waals surface area (Å²) >= 11 is 0. The van der Waals surface area contributed by atoms with Crippen LogP contribution >= 0.6 is 7.82 Å². The largest absolute Gasteiger partial charge is 0.472 e. The molecule has 2 atom stereocenters. The van der Waals surface area contributed by atoms with Gasteiger partial charge in [0.15, 0.2) is 6.10 Å². The Morgan fingerprint density at radius 3 is 1.09 bits per heavy atom. The maximum Gasteiger partial charge on any atom is 0.472 e. The first-order chi connectivity index (χ1) is 40.2. The fourth-order valence-corrected chi connectivity index (χ4v) is 8.21. The van der Waals surface area contributed by atoms with E-state index in [1.54, 1.807) is 0 Å². The van der Waals surface area contributed by atoms with E-state index in [1.807, 2.05) is 0 Å². The molecule has 0 rings (SSSR count). The topological polar surface area (TPSA) is 285 Å². The Balaban J connectivity index is 3.82. The zero-order valence-electron chi connectivity index (χ0n) is 50.5. The molecular formula is C57H110N3O21P. The van der Waals surface area contributed by atoms with Gasteiger partial charge in [-0.05, 0) is 24.8 Å². The van der Waals surface area contributed by atoms with Crippen LogP contribution in [-0.4, -0.2) is 214 Å². The maximum atomic E-state index is 12.7.